The van der Waals surface area contributed by atoms with E-state index in [-0.39, 0.29) is 11.4 Å². The average Bonchev–Trinajstić information content (AvgIpc) is 2.52. The van der Waals surface area contributed by atoms with Gasteiger partial charge in [-0.3, -0.25) is 10.0 Å². The number of benzene rings is 1. The minimum Gasteiger partial charge on any atom is -0.376 e. The molecular weight excluding hydrogens is 289 g/mol. The van der Waals surface area contributed by atoms with Gasteiger partial charge in [0.2, 0.25) is 0 Å². The van der Waals surface area contributed by atoms with Crippen LogP contribution in [-0.2, 0) is 10.3 Å². The molecule has 1 saturated heterocycles. The van der Waals surface area contributed by atoms with Gasteiger partial charge in [0, 0.05) is 6.20 Å². The van der Waals surface area contributed by atoms with Gasteiger partial charge in [-0.15, -0.1) is 0 Å². The fourth-order valence-corrected chi connectivity index (χ4v) is 2.32. The van der Waals surface area contributed by atoms with Gasteiger partial charge in [-0.1, -0.05) is 30.3 Å². The van der Waals surface area contributed by atoms with Gasteiger partial charge in [0.15, 0.2) is 11.6 Å². The predicted octanol–water partition coefficient (Wildman–Crippen LogP) is 1.68. The number of hydroxylamine groups is 1. The van der Waals surface area contributed by atoms with Crippen molar-refractivity contribution in [3.8, 4) is 0 Å². The first-order valence-electron chi connectivity index (χ1n) is 6.66. The molecule has 0 unspecified atom stereocenters. The monoisotopic (exact) mass is 303 g/mol. The second kappa shape index (κ2) is 5.70. The number of pyridine rings is 1. The van der Waals surface area contributed by atoms with Crippen LogP contribution in [0.4, 0.5) is 10.2 Å². The third kappa shape index (κ3) is 2.51. The van der Waals surface area contributed by atoms with Crippen molar-refractivity contribution < 1.29 is 19.1 Å². The Balaban J connectivity index is 1.87. The van der Waals surface area contributed by atoms with Crippen LogP contribution in [0.5, 0.6) is 0 Å². The molecule has 1 aliphatic heterocycles. The van der Waals surface area contributed by atoms with Crippen LogP contribution >= 0.6 is 0 Å². The Morgan fingerprint density at radius 3 is 2.59 bits per heavy atom. The Kier molecular flexibility index (Phi) is 3.74. The van der Waals surface area contributed by atoms with Crippen LogP contribution in [0.15, 0.2) is 42.6 Å². The molecule has 1 aromatic carbocycles. The summed E-state index contributed by atoms with van der Waals surface area (Å²) in [4.78, 5) is 15.2. The molecule has 0 saturated carbocycles. The molecule has 1 aromatic heterocycles. The van der Waals surface area contributed by atoms with Gasteiger partial charge in [-0.05, 0) is 11.6 Å². The molecule has 0 atom stereocenters. The Morgan fingerprint density at radius 1 is 1.32 bits per heavy atom. The van der Waals surface area contributed by atoms with Crippen LogP contribution in [0.1, 0.15) is 15.9 Å². The van der Waals surface area contributed by atoms with Gasteiger partial charge in [0.25, 0.3) is 5.91 Å². The molecule has 0 radical (unpaired) electrons. The van der Waals surface area contributed by atoms with E-state index in [2.05, 4.69) is 10.3 Å². The molecule has 6 nitrogen and oxygen atoms in total. The number of carbonyl (C=O) groups excluding carboxylic acids is 1. The molecule has 0 aliphatic carbocycles. The number of halogens is 1. The molecule has 2 aromatic rings. The molecule has 0 bridgehead atoms. The summed E-state index contributed by atoms with van der Waals surface area (Å²) in [6.07, 6.45) is 1.19. The van der Waals surface area contributed by atoms with Gasteiger partial charge in [0.1, 0.15) is 5.54 Å². The minimum absolute atomic E-state index is 0.0293. The van der Waals surface area contributed by atoms with Crippen LogP contribution in [0, 0.1) is 5.82 Å². The summed E-state index contributed by atoms with van der Waals surface area (Å²) in [5.41, 5.74) is 1.81. The zero-order valence-corrected chi connectivity index (χ0v) is 11.5. The molecule has 3 N–H and O–H groups in total. The molecule has 1 amide bonds. The summed E-state index contributed by atoms with van der Waals surface area (Å²) < 4.78 is 19.4. The number of hydrogen-bond donors (Lipinski definition) is 3. The summed E-state index contributed by atoms with van der Waals surface area (Å²) in [6, 6.07) is 10.6. The number of ether oxygens (including phenoxy) is 1. The van der Waals surface area contributed by atoms with Gasteiger partial charge in [-0.25, -0.2) is 14.9 Å². The number of carbonyl (C=O) groups is 1. The molecule has 1 fully saturated rings. The number of anilines is 1. The van der Waals surface area contributed by atoms with E-state index < -0.39 is 17.3 Å². The van der Waals surface area contributed by atoms with E-state index in [0.29, 0.717) is 13.2 Å². The second-order valence-corrected chi connectivity index (χ2v) is 5.06. The van der Waals surface area contributed by atoms with Gasteiger partial charge >= 0.3 is 0 Å². The summed E-state index contributed by atoms with van der Waals surface area (Å²) in [7, 11) is 0. The summed E-state index contributed by atoms with van der Waals surface area (Å²) in [5.74, 6) is -1.47. The standard InChI is InChI=1S/C15H14FN3O3/c16-12-6-10(14(20)19-21)7-17-13(12)18-15(8-22-9-15)11-4-2-1-3-5-11/h1-7,21H,8-9H2,(H,17,18)(H,19,20). The molecule has 0 spiro atoms. The number of rotatable bonds is 4. The Labute approximate surface area is 125 Å². The van der Waals surface area contributed by atoms with Crippen molar-refractivity contribution in [2.45, 2.75) is 5.54 Å². The normalized spacial score (nSPS) is 15.7. The highest BCUT2D eigenvalue weighted by molar-refractivity contribution is 5.93. The number of nitrogens with zero attached hydrogens (tertiary/aromatic N) is 1. The fourth-order valence-electron chi connectivity index (χ4n) is 2.32. The first-order valence-corrected chi connectivity index (χ1v) is 6.66. The average molecular weight is 303 g/mol. The summed E-state index contributed by atoms with van der Waals surface area (Å²) >= 11 is 0. The molecule has 114 valence electrons. The molecule has 3 rings (SSSR count). The number of hydrogen-bond acceptors (Lipinski definition) is 5. The lowest BCUT2D eigenvalue weighted by Crippen LogP contribution is -2.53. The fraction of sp³-hybridized carbons (Fsp3) is 0.200. The Morgan fingerprint density at radius 2 is 2.05 bits per heavy atom. The van der Waals surface area contributed by atoms with E-state index in [9.17, 15) is 9.18 Å². The van der Waals surface area contributed by atoms with Crippen molar-refractivity contribution >= 4 is 11.7 Å². The topological polar surface area (TPSA) is 83.5 Å². The van der Waals surface area contributed by atoms with Crippen LogP contribution in [0.3, 0.4) is 0 Å². The van der Waals surface area contributed by atoms with E-state index in [1.165, 1.54) is 11.7 Å². The SMILES string of the molecule is O=C(NO)c1cnc(NC2(c3ccccc3)COC2)c(F)c1. The second-order valence-electron chi connectivity index (χ2n) is 5.06. The lowest BCUT2D eigenvalue weighted by Gasteiger charge is -2.42. The molecular formula is C15H14FN3O3. The summed E-state index contributed by atoms with van der Waals surface area (Å²) in [5, 5.41) is 11.6. The molecule has 1 aliphatic rings. The number of nitrogens with one attached hydrogen (secondary N) is 2. The Bertz CT molecular complexity index is 690. The third-order valence-electron chi connectivity index (χ3n) is 3.59. The maximum absolute atomic E-state index is 14.1. The van der Waals surface area contributed by atoms with E-state index >= 15 is 0 Å². The lowest BCUT2D eigenvalue weighted by molar-refractivity contribution is -0.0450. The predicted molar refractivity (Wildman–Crippen MR) is 76.0 cm³/mol. The van der Waals surface area contributed by atoms with Gasteiger partial charge < -0.3 is 10.1 Å². The van der Waals surface area contributed by atoms with E-state index in [0.717, 1.165) is 11.6 Å². The maximum atomic E-state index is 14.1. The quantitative estimate of drug-likeness (QED) is 0.591. The van der Waals surface area contributed by atoms with Gasteiger partial charge in [-0.2, -0.15) is 0 Å². The van der Waals surface area contributed by atoms with Crippen molar-refractivity contribution in [1.29, 1.82) is 0 Å². The third-order valence-corrected chi connectivity index (χ3v) is 3.59. The van der Waals surface area contributed by atoms with Crippen LogP contribution < -0.4 is 10.8 Å². The number of amides is 1. The number of aromatic nitrogens is 1. The first kappa shape index (κ1) is 14.4. The van der Waals surface area contributed by atoms with Crippen molar-refractivity contribution in [3.05, 3.63) is 59.5 Å². The van der Waals surface area contributed by atoms with Crippen molar-refractivity contribution in [3.63, 3.8) is 0 Å². The largest absolute Gasteiger partial charge is 0.376 e. The zero-order chi connectivity index (χ0) is 15.6. The van der Waals surface area contributed by atoms with Crippen molar-refractivity contribution in [1.82, 2.24) is 10.5 Å². The first-order chi connectivity index (χ1) is 10.6. The Hall–Kier alpha value is -2.51. The van der Waals surface area contributed by atoms with E-state index in [4.69, 9.17) is 9.94 Å². The highest BCUT2D eigenvalue weighted by Gasteiger charge is 2.41. The van der Waals surface area contributed by atoms with Crippen LogP contribution in [0.2, 0.25) is 0 Å². The minimum atomic E-state index is -0.817. The smallest absolute Gasteiger partial charge is 0.276 e. The van der Waals surface area contributed by atoms with Crippen molar-refractivity contribution in [2.24, 2.45) is 0 Å². The van der Waals surface area contributed by atoms with Crippen LogP contribution in [-0.4, -0.2) is 29.3 Å². The maximum Gasteiger partial charge on any atom is 0.276 e. The lowest BCUT2D eigenvalue weighted by atomic mass is 9.88. The zero-order valence-electron chi connectivity index (χ0n) is 11.5. The molecule has 2 heterocycles. The van der Waals surface area contributed by atoms with E-state index in [1.54, 1.807) is 0 Å². The van der Waals surface area contributed by atoms with Crippen LogP contribution in [0.25, 0.3) is 0 Å². The summed E-state index contributed by atoms with van der Waals surface area (Å²) in [6.45, 7) is 0.800. The highest BCUT2D eigenvalue weighted by atomic mass is 19.1. The molecule has 22 heavy (non-hydrogen) atoms. The highest BCUT2D eigenvalue weighted by Crippen LogP contribution is 2.33. The van der Waals surface area contributed by atoms with Crippen molar-refractivity contribution in [2.75, 3.05) is 18.5 Å². The van der Waals surface area contributed by atoms with Gasteiger partial charge in [0.05, 0.1) is 18.8 Å². The van der Waals surface area contributed by atoms with E-state index in [1.807, 2.05) is 30.3 Å². The molecule has 7 heteroatoms.